The molecule has 0 radical (unpaired) electrons. The second-order valence-corrected chi connectivity index (χ2v) is 4.97. The van der Waals surface area contributed by atoms with Crippen molar-refractivity contribution in [2.75, 3.05) is 5.32 Å². The maximum atomic E-state index is 12.3. The van der Waals surface area contributed by atoms with Gasteiger partial charge in [0.2, 0.25) is 5.75 Å². The largest absolute Gasteiger partial charge is 0.427 e. The van der Waals surface area contributed by atoms with Gasteiger partial charge in [-0.25, -0.2) is 4.98 Å². The van der Waals surface area contributed by atoms with Crippen molar-refractivity contribution in [1.82, 2.24) is 4.98 Å². The van der Waals surface area contributed by atoms with Crippen LogP contribution in [0.4, 0.5) is 20.2 Å². The highest BCUT2D eigenvalue weighted by Crippen LogP contribution is 2.31. The van der Waals surface area contributed by atoms with Gasteiger partial charge in [-0.15, -0.1) is 11.3 Å². The van der Waals surface area contributed by atoms with E-state index in [9.17, 15) is 18.9 Å². The van der Waals surface area contributed by atoms with Gasteiger partial charge in [0.15, 0.2) is 0 Å². The van der Waals surface area contributed by atoms with Crippen LogP contribution in [0.3, 0.4) is 0 Å². The van der Waals surface area contributed by atoms with Gasteiger partial charge >= 0.3 is 12.3 Å². The van der Waals surface area contributed by atoms with Gasteiger partial charge < -0.3 is 10.1 Å². The van der Waals surface area contributed by atoms with Crippen molar-refractivity contribution in [3.63, 3.8) is 0 Å². The number of thiazole rings is 1. The van der Waals surface area contributed by atoms with Gasteiger partial charge in [0.05, 0.1) is 22.7 Å². The van der Waals surface area contributed by atoms with Crippen molar-refractivity contribution in [2.45, 2.75) is 20.1 Å². The lowest BCUT2D eigenvalue weighted by Crippen LogP contribution is -2.06. The lowest BCUT2D eigenvalue weighted by Gasteiger charge is -2.09. The summed E-state index contributed by atoms with van der Waals surface area (Å²) in [6.07, 6.45) is 0. The van der Waals surface area contributed by atoms with Crippen LogP contribution in [0, 0.1) is 17.0 Å². The molecule has 0 bridgehead atoms. The number of benzene rings is 1. The third-order valence-electron chi connectivity index (χ3n) is 2.67. The Morgan fingerprint density at radius 1 is 1.52 bits per heavy atom. The molecule has 0 aliphatic heterocycles. The monoisotopic (exact) mass is 315 g/mol. The fourth-order valence-corrected chi connectivity index (χ4v) is 2.36. The number of nitrogens with zero attached hydrogens (tertiary/aromatic N) is 2. The first-order valence-electron chi connectivity index (χ1n) is 5.83. The van der Waals surface area contributed by atoms with Crippen LogP contribution in [-0.4, -0.2) is 16.5 Å². The number of halogens is 2. The zero-order chi connectivity index (χ0) is 15.4. The zero-order valence-corrected chi connectivity index (χ0v) is 11.7. The molecular weight excluding hydrogens is 304 g/mol. The number of nitro benzene ring substituents is 1. The predicted molar refractivity (Wildman–Crippen MR) is 73.9 cm³/mol. The molecule has 9 heteroatoms. The van der Waals surface area contributed by atoms with Gasteiger partial charge in [-0.3, -0.25) is 10.1 Å². The summed E-state index contributed by atoms with van der Waals surface area (Å²) >= 11 is 1.46. The molecule has 0 aliphatic rings. The highest BCUT2D eigenvalue weighted by atomic mass is 32.1. The quantitative estimate of drug-likeness (QED) is 0.651. The van der Waals surface area contributed by atoms with E-state index >= 15 is 0 Å². The van der Waals surface area contributed by atoms with E-state index in [-0.39, 0.29) is 0 Å². The maximum absolute atomic E-state index is 12.3. The minimum atomic E-state index is -3.12. The maximum Gasteiger partial charge on any atom is 0.387 e. The summed E-state index contributed by atoms with van der Waals surface area (Å²) in [7, 11) is 0. The molecule has 21 heavy (non-hydrogen) atoms. The van der Waals surface area contributed by atoms with Crippen LogP contribution in [0.1, 0.15) is 10.6 Å². The van der Waals surface area contributed by atoms with Crippen LogP contribution in [0.15, 0.2) is 23.7 Å². The first-order valence-corrected chi connectivity index (χ1v) is 6.71. The van der Waals surface area contributed by atoms with Crippen molar-refractivity contribution in [3.05, 3.63) is 44.4 Å². The second-order valence-electron chi connectivity index (χ2n) is 4.03. The molecule has 1 heterocycles. The summed E-state index contributed by atoms with van der Waals surface area (Å²) in [6, 6.07) is 3.74. The molecule has 1 aromatic heterocycles. The molecular formula is C12H11F2N3O3S. The number of anilines is 1. The Morgan fingerprint density at radius 3 is 2.86 bits per heavy atom. The molecule has 112 valence electrons. The number of aromatic nitrogens is 1. The molecule has 2 aromatic rings. The molecule has 0 fully saturated rings. The number of nitro groups is 1. The van der Waals surface area contributed by atoms with Crippen LogP contribution in [-0.2, 0) is 6.54 Å². The minimum Gasteiger partial charge on any atom is -0.427 e. The average Bonchev–Trinajstić information content (AvgIpc) is 2.81. The van der Waals surface area contributed by atoms with Gasteiger partial charge in [-0.1, -0.05) is 0 Å². The normalized spacial score (nSPS) is 10.7. The Hall–Kier alpha value is -2.29. The van der Waals surface area contributed by atoms with Crippen molar-refractivity contribution in [2.24, 2.45) is 0 Å². The van der Waals surface area contributed by atoms with E-state index in [1.54, 1.807) is 5.51 Å². The summed E-state index contributed by atoms with van der Waals surface area (Å²) in [6.45, 7) is -0.820. The Morgan fingerprint density at radius 2 is 2.29 bits per heavy atom. The zero-order valence-electron chi connectivity index (χ0n) is 10.9. The number of nitrogens with one attached hydrogen (secondary N) is 1. The van der Waals surface area contributed by atoms with Gasteiger partial charge in [-0.2, -0.15) is 8.78 Å². The predicted octanol–water partition coefficient (Wildman–Crippen LogP) is 3.57. The van der Waals surface area contributed by atoms with Crippen molar-refractivity contribution < 1.29 is 18.4 Å². The van der Waals surface area contributed by atoms with Crippen molar-refractivity contribution >= 4 is 22.7 Å². The molecule has 2 rings (SSSR count). The van der Waals surface area contributed by atoms with Gasteiger partial charge in [0.25, 0.3) is 0 Å². The van der Waals surface area contributed by atoms with E-state index in [1.165, 1.54) is 23.5 Å². The van der Waals surface area contributed by atoms with Gasteiger partial charge in [-0.05, 0) is 13.0 Å². The Labute approximate surface area is 122 Å². The van der Waals surface area contributed by atoms with E-state index in [1.807, 2.05) is 6.92 Å². The van der Waals surface area contributed by atoms with Gasteiger partial charge in [0.1, 0.15) is 0 Å². The summed E-state index contributed by atoms with van der Waals surface area (Å²) in [5.41, 5.74) is 2.52. The van der Waals surface area contributed by atoms with Gasteiger partial charge in [0, 0.05) is 22.7 Å². The van der Waals surface area contributed by atoms with Crippen LogP contribution < -0.4 is 10.1 Å². The second kappa shape index (κ2) is 6.44. The molecule has 0 spiro atoms. The number of hydrogen-bond acceptors (Lipinski definition) is 6. The first-order chi connectivity index (χ1) is 9.97. The highest BCUT2D eigenvalue weighted by Gasteiger charge is 2.19. The Kier molecular flexibility index (Phi) is 4.63. The number of ether oxygens (including phenoxy) is 1. The fourth-order valence-electron chi connectivity index (χ4n) is 1.64. The molecule has 0 saturated carbocycles. The summed E-state index contributed by atoms with van der Waals surface area (Å²) in [4.78, 5) is 15.1. The fraction of sp³-hybridized carbons (Fsp3) is 0.250. The minimum absolute atomic E-state index is 0.447. The molecule has 1 aromatic carbocycles. The Balaban J connectivity index is 2.17. The number of hydrogen-bond donors (Lipinski definition) is 1. The van der Waals surface area contributed by atoms with E-state index < -0.39 is 23.0 Å². The van der Waals surface area contributed by atoms with Crippen LogP contribution in [0.2, 0.25) is 0 Å². The third-order valence-corrected chi connectivity index (χ3v) is 3.61. The molecule has 0 saturated heterocycles. The van der Waals surface area contributed by atoms with E-state index in [4.69, 9.17) is 0 Å². The number of aryl methyl sites for hydroxylation is 1. The summed E-state index contributed by atoms with van der Waals surface area (Å²) < 4.78 is 28.8. The van der Waals surface area contributed by atoms with E-state index in [0.717, 1.165) is 16.6 Å². The number of rotatable bonds is 6. The third kappa shape index (κ3) is 3.85. The Bertz CT molecular complexity index is 648. The lowest BCUT2D eigenvalue weighted by molar-refractivity contribution is -0.386. The van der Waals surface area contributed by atoms with Crippen LogP contribution in [0.25, 0.3) is 0 Å². The first kappa shape index (κ1) is 15.1. The molecule has 6 nitrogen and oxygen atoms in total. The van der Waals surface area contributed by atoms with Crippen molar-refractivity contribution in [3.8, 4) is 5.75 Å². The topological polar surface area (TPSA) is 77.3 Å². The molecule has 0 unspecified atom stereocenters. The molecule has 0 amide bonds. The average molecular weight is 315 g/mol. The highest BCUT2D eigenvalue weighted by molar-refractivity contribution is 7.09. The molecule has 1 N–H and O–H groups in total. The number of alkyl halides is 2. The summed E-state index contributed by atoms with van der Waals surface area (Å²) in [5, 5.41) is 13.7. The lowest BCUT2D eigenvalue weighted by atomic mass is 10.2. The van der Waals surface area contributed by atoms with E-state index in [0.29, 0.717) is 12.2 Å². The SMILES string of the molecule is Cc1ncsc1CNc1ccc([N+](=O)[O-])c(OC(F)F)c1. The molecule has 0 aliphatic carbocycles. The smallest absolute Gasteiger partial charge is 0.387 e. The molecule has 0 atom stereocenters. The standard InChI is InChI=1S/C12H11F2N3O3S/c1-7-11(21-6-16-7)5-15-8-2-3-9(17(18)19)10(4-8)20-12(13)14/h2-4,6,12,15H,5H2,1H3. The van der Waals surface area contributed by atoms with Crippen LogP contribution >= 0.6 is 11.3 Å². The van der Waals surface area contributed by atoms with Crippen molar-refractivity contribution in [1.29, 1.82) is 0 Å². The van der Waals surface area contributed by atoms with E-state index in [2.05, 4.69) is 15.0 Å². The summed E-state index contributed by atoms with van der Waals surface area (Å²) in [5.74, 6) is -0.471. The van der Waals surface area contributed by atoms with Crippen LogP contribution in [0.5, 0.6) is 5.75 Å².